The fraction of sp³-hybridized carbons (Fsp3) is 0.475. The van der Waals surface area contributed by atoms with E-state index in [-0.39, 0.29) is 0 Å². The summed E-state index contributed by atoms with van der Waals surface area (Å²) in [4.78, 5) is 0. The zero-order valence-electron chi connectivity index (χ0n) is 38.8. The van der Waals surface area contributed by atoms with Crippen molar-refractivity contribution in [2.75, 3.05) is 13.2 Å². The van der Waals surface area contributed by atoms with Crippen LogP contribution in [0.1, 0.15) is 172 Å². The molecule has 0 atom stereocenters. The van der Waals surface area contributed by atoms with Crippen molar-refractivity contribution in [1.82, 2.24) is 0 Å². The minimum absolute atomic E-state index is 0.704. The summed E-state index contributed by atoms with van der Waals surface area (Å²) in [6, 6.07) is 42.3. The molecule has 2 saturated carbocycles. The normalized spacial score (nSPS) is 21.7. The molecule has 330 valence electrons. The predicted octanol–water partition coefficient (Wildman–Crippen LogP) is 18.4. The van der Waals surface area contributed by atoms with Gasteiger partial charge in [-0.3, -0.25) is 0 Å². The van der Waals surface area contributed by atoms with Gasteiger partial charge < -0.3 is 9.47 Å². The number of hydrogen-bond donors (Lipinski definition) is 0. The minimum atomic E-state index is 0.704. The van der Waals surface area contributed by atoms with Gasteiger partial charge in [-0.15, -0.1) is 0 Å². The van der Waals surface area contributed by atoms with Crippen molar-refractivity contribution in [2.45, 2.75) is 161 Å². The average Bonchev–Trinajstić information content (AvgIpc) is 3.33. The van der Waals surface area contributed by atoms with Crippen LogP contribution in [0.4, 0.5) is 0 Å². The second-order valence-corrected chi connectivity index (χ2v) is 19.9. The number of benzene rings is 6. The van der Waals surface area contributed by atoms with Gasteiger partial charge in [-0.25, -0.2) is 0 Å². The molecule has 0 N–H and O–H groups in total. The first-order chi connectivity index (χ1) is 31.1. The topological polar surface area (TPSA) is 18.5 Å². The summed E-state index contributed by atoms with van der Waals surface area (Å²) in [7, 11) is 0. The molecule has 2 fully saturated rings. The smallest absolute Gasteiger partial charge is 0.127 e. The van der Waals surface area contributed by atoms with E-state index in [9.17, 15) is 0 Å². The molecule has 1 heterocycles. The molecule has 0 aromatic heterocycles. The lowest BCUT2D eigenvalue weighted by atomic mass is 9.77. The van der Waals surface area contributed by atoms with Gasteiger partial charge in [0, 0.05) is 11.1 Å². The molecule has 2 heteroatoms. The molecule has 6 aromatic rings. The second kappa shape index (κ2) is 21.4. The van der Waals surface area contributed by atoms with Crippen LogP contribution >= 0.6 is 0 Å². The highest BCUT2D eigenvalue weighted by molar-refractivity contribution is 6.11. The van der Waals surface area contributed by atoms with Crippen molar-refractivity contribution < 1.29 is 9.47 Å². The molecule has 1 aliphatic heterocycles. The van der Waals surface area contributed by atoms with E-state index in [2.05, 4.69) is 123 Å². The van der Waals surface area contributed by atoms with E-state index in [1.807, 2.05) is 0 Å². The Balaban J connectivity index is 1.06. The average molecular weight is 839 g/mol. The maximum Gasteiger partial charge on any atom is 0.127 e. The van der Waals surface area contributed by atoms with Crippen molar-refractivity contribution in [3.8, 4) is 44.9 Å². The maximum absolute atomic E-state index is 6.85. The lowest BCUT2D eigenvalue weighted by Gasteiger charge is -2.28. The van der Waals surface area contributed by atoms with Crippen LogP contribution in [0.3, 0.4) is 0 Å². The van der Waals surface area contributed by atoms with Crippen LogP contribution in [0.5, 0.6) is 11.5 Å². The van der Waals surface area contributed by atoms with E-state index in [0.29, 0.717) is 11.8 Å². The van der Waals surface area contributed by atoms with Crippen LogP contribution in [-0.4, -0.2) is 13.2 Å². The van der Waals surface area contributed by atoms with Crippen LogP contribution in [0.25, 0.3) is 54.9 Å². The Bertz CT molecular complexity index is 2200. The third-order valence-electron chi connectivity index (χ3n) is 15.5. The number of fused-ring (bicyclic) bond motifs is 7. The molecule has 0 amide bonds. The van der Waals surface area contributed by atoms with E-state index >= 15 is 0 Å². The summed E-state index contributed by atoms with van der Waals surface area (Å²) < 4.78 is 13.7. The fourth-order valence-electron chi connectivity index (χ4n) is 11.8. The molecule has 0 unspecified atom stereocenters. The summed E-state index contributed by atoms with van der Waals surface area (Å²) in [6.45, 7) is 6.12. The Morgan fingerprint density at radius 2 is 0.746 bits per heavy atom. The molecule has 63 heavy (non-hydrogen) atoms. The van der Waals surface area contributed by atoms with Crippen LogP contribution in [0, 0.1) is 11.8 Å². The zero-order valence-corrected chi connectivity index (χ0v) is 38.8. The Labute approximate surface area is 380 Å². The van der Waals surface area contributed by atoms with Gasteiger partial charge in [-0.05, 0) is 167 Å². The molecule has 0 radical (unpaired) electrons. The standard InChI is InChI=1S/C61H74O2/c1-3-14-44-16-20-46(21-17-44)48-24-28-50(29-25-48)52-32-36-56-54(42-52)34-38-58-60(56)61-57-37-33-53(51-30-26-49(27-31-51)47-22-18-45(15-4-2)19-23-47)43-55(57)35-39-59(61)63-41-13-11-9-7-5-6-8-10-12-40-62-58/h24-39,42-47H,3-23,40-41H2,1-2H3. The zero-order chi connectivity index (χ0) is 42.8. The van der Waals surface area contributed by atoms with Gasteiger partial charge in [0.15, 0.2) is 0 Å². The van der Waals surface area contributed by atoms with Gasteiger partial charge in [0.05, 0.1) is 13.2 Å². The largest absolute Gasteiger partial charge is 0.493 e. The summed E-state index contributed by atoms with van der Waals surface area (Å²) >= 11 is 0. The van der Waals surface area contributed by atoms with Crippen molar-refractivity contribution in [1.29, 1.82) is 0 Å². The third-order valence-corrected chi connectivity index (χ3v) is 15.5. The maximum atomic E-state index is 6.85. The van der Waals surface area contributed by atoms with Gasteiger partial charge >= 0.3 is 0 Å². The molecular formula is C61H74O2. The van der Waals surface area contributed by atoms with E-state index in [0.717, 1.165) is 60.5 Å². The van der Waals surface area contributed by atoms with Crippen molar-refractivity contribution in [3.05, 3.63) is 120 Å². The first-order valence-electron chi connectivity index (χ1n) is 25.7. The predicted molar refractivity (Wildman–Crippen MR) is 270 cm³/mol. The SMILES string of the molecule is CCCC1CCC(c2ccc(-c3ccc4c5c(ccc4c3)OCCCCCCCCCCCOc3ccc4cc(-c6ccc(C7CCC(CCC)CC7)cc6)ccc4c3-5)cc2)CC1. The Kier molecular flexibility index (Phi) is 14.8. The first kappa shape index (κ1) is 43.7. The molecule has 9 rings (SSSR count). The van der Waals surface area contributed by atoms with Gasteiger partial charge in [-0.1, -0.05) is 169 Å². The summed E-state index contributed by atoms with van der Waals surface area (Å²) in [6.07, 6.45) is 27.5. The molecule has 0 spiro atoms. The molecule has 0 saturated heterocycles. The molecule has 2 aliphatic carbocycles. The number of rotatable bonds is 8. The highest BCUT2D eigenvalue weighted by atomic mass is 16.5. The van der Waals surface area contributed by atoms with Crippen LogP contribution < -0.4 is 9.47 Å². The summed E-state index contributed by atoms with van der Waals surface area (Å²) in [5, 5.41) is 4.90. The van der Waals surface area contributed by atoms with Gasteiger partial charge in [0.25, 0.3) is 0 Å². The van der Waals surface area contributed by atoms with E-state index in [1.165, 1.54) is 177 Å². The fourth-order valence-corrected chi connectivity index (χ4v) is 11.8. The summed E-state index contributed by atoms with van der Waals surface area (Å²) in [5.74, 6) is 5.19. The quantitative estimate of drug-likeness (QED) is 0.152. The Hall–Kier alpha value is -4.56. The van der Waals surface area contributed by atoms with Crippen molar-refractivity contribution >= 4 is 21.5 Å². The van der Waals surface area contributed by atoms with Gasteiger partial charge in [0.1, 0.15) is 11.5 Å². The Morgan fingerprint density at radius 1 is 0.381 bits per heavy atom. The van der Waals surface area contributed by atoms with E-state index < -0.39 is 0 Å². The highest BCUT2D eigenvalue weighted by Crippen LogP contribution is 2.47. The first-order valence-corrected chi connectivity index (χ1v) is 25.7. The van der Waals surface area contributed by atoms with Crippen LogP contribution in [-0.2, 0) is 0 Å². The summed E-state index contributed by atoms with van der Waals surface area (Å²) in [5.41, 5.74) is 10.4. The van der Waals surface area contributed by atoms with Crippen LogP contribution in [0.15, 0.2) is 109 Å². The number of hydrogen-bond acceptors (Lipinski definition) is 2. The lowest BCUT2D eigenvalue weighted by molar-refractivity contribution is 0.303. The van der Waals surface area contributed by atoms with Crippen molar-refractivity contribution in [2.24, 2.45) is 11.8 Å². The van der Waals surface area contributed by atoms with Gasteiger partial charge in [0.2, 0.25) is 0 Å². The van der Waals surface area contributed by atoms with Crippen molar-refractivity contribution in [3.63, 3.8) is 0 Å². The molecule has 3 aliphatic rings. The minimum Gasteiger partial charge on any atom is -0.493 e. The molecule has 0 bridgehead atoms. The van der Waals surface area contributed by atoms with E-state index in [4.69, 9.17) is 9.47 Å². The number of ether oxygens (including phenoxy) is 2. The molecule has 6 aromatic carbocycles. The molecular weight excluding hydrogens is 765 g/mol. The third kappa shape index (κ3) is 10.5. The monoisotopic (exact) mass is 839 g/mol. The van der Waals surface area contributed by atoms with Crippen LogP contribution in [0.2, 0.25) is 0 Å². The highest BCUT2D eigenvalue weighted by Gasteiger charge is 2.24. The lowest BCUT2D eigenvalue weighted by Crippen LogP contribution is -2.13. The van der Waals surface area contributed by atoms with Gasteiger partial charge in [-0.2, -0.15) is 0 Å². The van der Waals surface area contributed by atoms with E-state index in [1.54, 1.807) is 0 Å². The Morgan fingerprint density at radius 3 is 1.13 bits per heavy atom. The second-order valence-electron chi connectivity index (χ2n) is 19.9. The molecule has 2 nitrogen and oxygen atoms in total.